The third-order valence-electron chi connectivity index (χ3n) is 2.41. The van der Waals surface area contributed by atoms with Gasteiger partial charge in [-0.2, -0.15) is 0 Å². The molecule has 1 amide bonds. The van der Waals surface area contributed by atoms with E-state index in [1.165, 1.54) is 6.92 Å². The van der Waals surface area contributed by atoms with Crippen molar-refractivity contribution < 1.29 is 18.3 Å². The first-order chi connectivity index (χ1) is 8.65. The number of nitrogens with one attached hydrogen (secondary N) is 2. The summed E-state index contributed by atoms with van der Waals surface area (Å²) < 4.78 is 30.0. The zero-order chi connectivity index (χ0) is 15.1. The Labute approximate surface area is 114 Å². The summed E-state index contributed by atoms with van der Waals surface area (Å²) in [5.41, 5.74) is -0.561. The molecule has 0 saturated carbocycles. The van der Waals surface area contributed by atoms with Crippen molar-refractivity contribution in [1.29, 1.82) is 0 Å². The van der Waals surface area contributed by atoms with Crippen LogP contribution in [0, 0.1) is 0 Å². The molecule has 0 aromatic heterocycles. The van der Waals surface area contributed by atoms with Crippen molar-refractivity contribution in [3.05, 3.63) is 0 Å². The highest BCUT2D eigenvalue weighted by atomic mass is 19.3. The second kappa shape index (κ2) is 8.30. The number of amides is 1. The van der Waals surface area contributed by atoms with E-state index >= 15 is 0 Å². The summed E-state index contributed by atoms with van der Waals surface area (Å²) >= 11 is 0. The van der Waals surface area contributed by atoms with Crippen LogP contribution in [0.15, 0.2) is 0 Å². The van der Waals surface area contributed by atoms with Gasteiger partial charge in [0.2, 0.25) is 0 Å². The summed E-state index contributed by atoms with van der Waals surface area (Å²) in [6, 6.07) is -1.07. The topological polar surface area (TPSA) is 50.4 Å². The molecule has 0 aromatic carbocycles. The monoisotopic (exact) mass is 280 g/mol. The van der Waals surface area contributed by atoms with Gasteiger partial charge < -0.3 is 15.4 Å². The molecule has 19 heavy (non-hydrogen) atoms. The first-order valence-electron chi connectivity index (χ1n) is 6.66. The van der Waals surface area contributed by atoms with Crippen LogP contribution in [0.4, 0.5) is 13.6 Å². The van der Waals surface area contributed by atoms with E-state index in [0.29, 0.717) is 6.42 Å². The number of ether oxygens (including phenoxy) is 1. The summed E-state index contributed by atoms with van der Waals surface area (Å²) in [6.07, 6.45) is -1.38. The largest absolute Gasteiger partial charge is 0.444 e. The summed E-state index contributed by atoms with van der Waals surface area (Å²) in [4.78, 5) is 11.5. The molecule has 0 fully saturated rings. The Morgan fingerprint density at radius 1 is 1.32 bits per heavy atom. The van der Waals surface area contributed by atoms with Gasteiger partial charge in [-0.05, 0) is 34.1 Å². The van der Waals surface area contributed by atoms with Crippen LogP contribution in [0.2, 0.25) is 0 Å². The van der Waals surface area contributed by atoms with Gasteiger partial charge in [0.05, 0.1) is 6.04 Å². The molecule has 2 unspecified atom stereocenters. The normalized spacial score (nSPS) is 15.2. The van der Waals surface area contributed by atoms with Crippen molar-refractivity contribution in [2.24, 2.45) is 0 Å². The maximum Gasteiger partial charge on any atom is 0.407 e. The standard InChI is InChI=1S/C13H26F2N2O2/c1-6-7-10(17-9(2)11(14)15)8-16-12(18)19-13(3,4)5/h9-11,17H,6-8H2,1-5H3,(H,16,18). The zero-order valence-electron chi connectivity index (χ0n) is 12.4. The molecule has 0 aliphatic carbocycles. The van der Waals surface area contributed by atoms with Crippen LogP contribution in [-0.2, 0) is 4.74 Å². The lowest BCUT2D eigenvalue weighted by Crippen LogP contribution is -2.47. The first kappa shape index (κ1) is 18.1. The smallest absolute Gasteiger partial charge is 0.407 e. The van der Waals surface area contributed by atoms with Crippen molar-refractivity contribution >= 4 is 6.09 Å². The molecule has 4 nitrogen and oxygen atoms in total. The van der Waals surface area contributed by atoms with E-state index in [1.54, 1.807) is 20.8 Å². The second-order valence-electron chi connectivity index (χ2n) is 5.66. The van der Waals surface area contributed by atoms with Crippen molar-refractivity contribution in [3.8, 4) is 0 Å². The summed E-state index contributed by atoms with van der Waals surface area (Å²) in [5, 5.41) is 5.42. The van der Waals surface area contributed by atoms with Gasteiger partial charge in [0, 0.05) is 12.6 Å². The predicted octanol–water partition coefficient (Wildman–Crippen LogP) is 2.92. The lowest BCUT2D eigenvalue weighted by Gasteiger charge is -2.24. The Morgan fingerprint density at radius 2 is 1.89 bits per heavy atom. The van der Waals surface area contributed by atoms with Gasteiger partial charge in [-0.3, -0.25) is 0 Å². The fraction of sp³-hybridized carbons (Fsp3) is 0.923. The molecule has 0 aliphatic heterocycles. The van der Waals surface area contributed by atoms with Crippen molar-refractivity contribution in [3.63, 3.8) is 0 Å². The number of halogens is 2. The molecule has 6 heteroatoms. The van der Waals surface area contributed by atoms with Crippen molar-refractivity contribution in [2.45, 2.75) is 71.6 Å². The van der Waals surface area contributed by atoms with E-state index in [0.717, 1.165) is 6.42 Å². The Hall–Kier alpha value is -0.910. The van der Waals surface area contributed by atoms with Crippen LogP contribution in [0.5, 0.6) is 0 Å². The highest BCUT2D eigenvalue weighted by Crippen LogP contribution is 2.07. The maximum absolute atomic E-state index is 12.5. The Balaban J connectivity index is 4.17. The second-order valence-corrected chi connectivity index (χ2v) is 5.66. The van der Waals surface area contributed by atoms with Gasteiger partial charge in [0.1, 0.15) is 5.60 Å². The van der Waals surface area contributed by atoms with Crippen molar-refractivity contribution in [1.82, 2.24) is 10.6 Å². The lowest BCUT2D eigenvalue weighted by molar-refractivity contribution is 0.0516. The molecule has 2 atom stereocenters. The van der Waals surface area contributed by atoms with E-state index in [1.807, 2.05) is 6.92 Å². The summed E-state index contributed by atoms with van der Waals surface area (Å²) in [7, 11) is 0. The highest BCUT2D eigenvalue weighted by molar-refractivity contribution is 5.67. The van der Waals surface area contributed by atoms with Gasteiger partial charge in [-0.15, -0.1) is 0 Å². The Bertz CT molecular complexity index is 268. The number of rotatable bonds is 7. The molecule has 0 aromatic rings. The van der Waals surface area contributed by atoms with Gasteiger partial charge in [-0.25, -0.2) is 13.6 Å². The van der Waals surface area contributed by atoms with Crippen molar-refractivity contribution in [2.75, 3.05) is 6.54 Å². The lowest BCUT2D eigenvalue weighted by atomic mass is 10.1. The number of alkyl halides is 2. The molecule has 0 heterocycles. The molecular weight excluding hydrogens is 254 g/mol. The minimum atomic E-state index is -2.42. The zero-order valence-corrected chi connectivity index (χ0v) is 12.4. The SMILES string of the molecule is CCCC(CNC(=O)OC(C)(C)C)NC(C)C(F)F. The number of hydrogen-bond donors (Lipinski definition) is 2. The fourth-order valence-electron chi connectivity index (χ4n) is 1.56. The van der Waals surface area contributed by atoms with Crippen LogP contribution >= 0.6 is 0 Å². The van der Waals surface area contributed by atoms with Crippen LogP contribution in [-0.4, -0.2) is 36.7 Å². The molecule has 0 spiro atoms. The average Bonchev–Trinajstić information content (AvgIpc) is 2.23. The first-order valence-corrected chi connectivity index (χ1v) is 6.66. The molecule has 114 valence electrons. The van der Waals surface area contributed by atoms with Gasteiger partial charge in [0.15, 0.2) is 0 Å². The van der Waals surface area contributed by atoms with Crippen LogP contribution in [0.3, 0.4) is 0 Å². The minimum Gasteiger partial charge on any atom is -0.444 e. The van der Waals surface area contributed by atoms with Crippen LogP contribution in [0.25, 0.3) is 0 Å². The van der Waals surface area contributed by atoms with Crippen LogP contribution < -0.4 is 10.6 Å². The molecule has 2 N–H and O–H groups in total. The average molecular weight is 280 g/mol. The van der Waals surface area contributed by atoms with Crippen LogP contribution in [0.1, 0.15) is 47.5 Å². The summed E-state index contributed by atoms with van der Waals surface area (Å²) in [6.45, 7) is 8.99. The number of alkyl carbamates (subject to hydrolysis) is 1. The Kier molecular flexibility index (Phi) is 7.90. The highest BCUT2D eigenvalue weighted by Gasteiger charge is 2.20. The number of hydrogen-bond acceptors (Lipinski definition) is 3. The van der Waals surface area contributed by atoms with Gasteiger partial charge in [-0.1, -0.05) is 13.3 Å². The maximum atomic E-state index is 12.5. The van der Waals surface area contributed by atoms with E-state index in [4.69, 9.17) is 4.74 Å². The molecule has 0 saturated heterocycles. The van der Waals surface area contributed by atoms with Gasteiger partial charge in [0.25, 0.3) is 6.43 Å². The number of carbonyl (C=O) groups is 1. The molecular formula is C13H26F2N2O2. The summed E-state index contributed by atoms with van der Waals surface area (Å²) in [5.74, 6) is 0. The van der Waals surface area contributed by atoms with E-state index in [-0.39, 0.29) is 12.6 Å². The molecule has 0 radical (unpaired) electrons. The number of carbonyl (C=O) groups excluding carboxylic acids is 1. The molecule has 0 aliphatic rings. The molecule has 0 rings (SSSR count). The molecule has 0 bridgehead atoms. The van der Waals surface area contributed by atoms with Gasteiger partial charge >= 0.3 is 6.09 Å². The third kappa shape index (κ3) is 9.64. The van der Waals surface area contributed by atoms with E-state index in [9.17, 15) is 13.6 Å². The quantitative estimate of drug-likeness (QED) is 0.754. The third-order valence-corrected chi connectivity index (χ3v) is 2.41. The predicted molar refractivity (Wildman–Crippen MR) is 71.5 cm³/mol. The minimum absolute atomic E-state index is 0.179. The van der Waals surface area contributed by atoms with E-state index < -0.39 is 24.2 Å². The fourth-order valence-corrected chi connectivity index (χ4v) is 1.56. The Morgan fingerprint density at radius 3 is 2.32 bits per heavy atom. The van der Waals surface area contributed by atoms with E-state index in [2.05, 4.69) is 10.6 Å².